The molecule has 0 saturated carbocycles. The highest BCUT2D eigenvalue weighted by Crippen LogP contribution is 2.12. The molecule has 0 aliphatic heterocycles. The molecule has 8 nitrogen and oxygen atoms in total. The number of hydrogen-bond acceptors (Lipinski definition) is 6. The van der Waals surface area contributed by atoms with E-state index in [9.17, 15) is 8.42 Å². The van der Waals surface area contributed by atoms with Crippen molar-refractivity contribution in [1.29, 1.82) is 0 Å². The predicted molar refractivity (Wildman–Crippen MR) is 71.1 cm³/mol. The molecule has 2 heterocycles. The lowest BCUT2D eigenvalue weighted by molar-refractivity contribution is 0.380. The van der Waals surface area contributed by atoms with Crippen LogP contribution in [0.5, 0.6) is 0 Å². The van der Waals surface area contributed by atoms with Gasteiger partial charge in [0, 0.05) is 24.2 Å². The van der Waals surface area contributed by atoms with E-state index in [0.717, 1.165) is 0 Å². The summed E-state index contributed by atoms with van der Waals surface area (Å²) in [5.41, 5.74) is 0.587. The maximum absolute atomic E-state index is 12.2. The number of H-pyrrole nitrogens is 1. The van der Waals surface area contributed by atoms with Crippen LogP contribution in [-0.4, -0.2) is 29.8 Å². The smallest absolute Gasteiger partial charge is 0.258 e. The summed E-state index contributed by atoms with van der Waals surface area (Å²) in [4.78, 5) is 0. The highest BCUT2D eigenvalue weighted by atomic mass is 32.2. The Kier molecular flexibility index (Phi) is 4.53. The van der Waals surface area contributed by atoms with Crippen molar-refractivity contribution >= 4 is 10.0 Å². The summed E-state index contributed by atoms with van der Waals surface area (Å²) < 4.78 is 31.6. The summed E-state index contributed by atoms with van der Waals surface area (Å²) in [6.45, 7) is 4.43. The minimum Gasteiger partial charge on any atom is -0.360 e. The van der Waals surface area contributed by atoms with Crippen molar-refractivity contribution in [2.75, 3.05) is 0 Å². The van der Waals surface area contributed by atoms with E-state index >= 15 is 0 Å². The molecule has 2 aromatic rings. The summed E-state index contributed by atoms with van der Waals surface area (Å²) in [5, 5.41) is 13.0. The second-order valence-electron chi connectivity index (χ2n) is 4.56. The SMILES string of the molecule is CC(C)NCc1cn[nH]c1S(=O)(=O)NCc1ccno1. The lowest BCUT2D eigenvalue weighted by Crippen LogP contribution is -2.27. The summed E-state index contributed by atoms with van der Waals surface area (Å²) in [6, 6.07) is 1.85. The Balaban J connectivity index is 2.07. The number of rotatable bonds is 7. The molecule has 0 atom stereocenters. The minimum atomic E-state index is -3.67. The Morgan fingerprint density at radius 1 is 1.40 bits per heavy atom. The maximum atomic E-state index is 12.2. The third-order valence-corrected chi connectivity index (χ3v) is 3.99. The molecule has 0 amide bonds. The van der Waals surface area contributed by atoms with Gasteiger partial charge in [0.15, 0.2) is 10.8 Å². The van der Waals surface area contributed by atoms with Gasteiger partial charge in [-0.05, 0) is 0 Å². The van der Waals surface area contributed by atoms with Gasteiger partial charge in [0.1, 0.15) is 0 Å². The Morgan fingerprint density at radius 3 is 2.85 bits per heavy atom. The zero-order valence-electron chi connectivity index (χ0n) is 11.3. The summed E-state index contributed by atoms with van der Waals surface area (Å²) in [5.74, 6) is 0.440. The number of aromatic nitrogens is 3. The van der Waals surface area contributed by atoms with Gasteiger partial charge in [-0.25, -0.2) is 13.1 Å². The van der Waals surface area contributed by atoms with Gasteiger partial charge in [0.2, 0.25) is 0 Å². The van der Waals surface area contributed by atoms with Gasteiger partial charge in [0.25, 0.3) is 10.0 Å². The van der Waals surface area contributed by atoms with E-state index in [0.29, 0.717) is 17.9 Å². The van der Waals surface area contributed by atoms with E-state index in [1.807, 2.05) is 13.8 Å². The molecule has 2 aromatic heterocycles. The fourth-order valence-electron chi connectivity index (χ4n) is 1.54. The molecule has 20 heavy (non-hydrogen) atoms. The second kappa shape index (κ2) is 6.16. The molecule has 0 radical (unpaired) electrons. The molecular formula is C11H17N5O3S. The molecular weight excluding hydrogens is 282 g/mol. The highest BCUT2D eigenvalue weighted by Gasteiger charge is 2.21. The van der Waals surface area contributed by atoms with Crippen LogP contribution >= 0.6 is 0 Å². The van der Waals surface area contributed by atoms with Gasteiger partial charge in [-0.15, -0.1) is 0 Å². The van der Waals surface area contributed by atoms with E-state index in [2.05, 4.69) is 25.4 Å². The van der Waals surface area contributed by atoms with Crippen LogP contribution in [0.4, 0.5) is 0 Å². The molecule has 0 aromatic carbocycles. The van der Waals surface area contributed by atoms with Crippen LogP contribution in [0.3, 0.4) is 0 Å². The number of nitrogens with one attached hydrogen (secondary N) is 3. The molecule has 0 spiro atoms. The molecule has 0 unspecified atom stereocenters. The van der Waals surface area contributed by atoms with Gasteiger partial charge in [-0.1, -0.05) is 19.0 Å². The Morgan fingerprint density at radius 2 is 2.20 bits per heavy atom. The average molecular weight is 299 g/mol. The molecule has 3 N–H and O–H groups in total. The van der Waals surface area contributed by atoms with Gasteiger partial charge < -0.3 is 9.84 Å². The number of hydrogen-bond donors (Lipinski definition) is 3. The number of aromatic amines is 1. The molecule has 110 valence electrons. The largest absolute Gasteiger partial charge is 0.360 e. The van der Waals surface area contributed by atoms with Crippen LogP contribution in [0.2, 0.25) is 0 Å². The van der Waals surface area contributed by atoms with Crippen LogP contribution in [0.1, 0.15) is 25.2 Å². The second-order valence-corrected chi connectivity index (χ2v) is 6.27. The maximum Gasteiger partial charge on any atom is 0.258 e. The van der Waals surface area contributed by atoms with Gasteiger partial charge in [0.05, 0.1) is 18.9 Å². The van der Waals surface area contributed by atoms with Gasteiger partial charge in [-0.2, -0.15) is 5.10 Å². The summed E-state index contributed by atoms with van der Waals surface area (Å²) in [6.07, 6.45) is 2.95. The Hall–Kier alpha value is -1.71. The quantitative estimate of drug-likeness (QED) is 0.681. The lowest BCUT2D eigenvalue weighted by atomic mass is 10.3. The van der Waals surface area contributed by atoms with E-state index in [-0.39, 0.29) is 17.6 Å². The van der Waals surface area contributed by atoms with E-state index in [1.54, 1.807) is 6.07 Å². The minimum absolute atomic E-state index is 0.0401. The first kappa shape index (κ1) is 14.7. The first-order valence-electron chi connectivity index (χ1n) is 6.14. The molecule has 0 bridgehead atoms. The molecule has 0 fully saturated rings. The number of sulfonamides is 1. The van der Waals surface area contributed by atoms with Gasteiger partial charge >= 0.3 is 0 Å². The third kappa shape index (κ3) is 3.65. The zero-order chi connectivity index (χ0) is 14.6. The van der Waals surface area contributed by atoms with Crippen molar-refractivity contribution in [3.8, 4) is 0 Å². The molecule has 0 aliphatic rings. The average Bonchev–Trinajstić information content (AvgIpc) is 3.05. The highest BCUT2D eigenvalue weighted by molar-refractivity contribution is 7.89. The molecule has 9 heteroatoms. The van der Waals surface area contributed by atoms with Crippen molar-refractivity contribution in [2.24, 2.45) is 0 Å². The Bertz CT molecular complexity index is 633. The standard InChI is InChI=1S/C11H17N5O3S/c1-8(2)12-5-9-6-13-16-11(9)20(17,18)15-7-10-3-4-14-19-10/h3-4,6,8,12,15H,5,7H2,1-2H3,(H,13,16). The van der Waals surface area contributed by atoms with Crippen LogP contribution in [0.15, 0.2) is 28.0 Å². The number of nitrogens with zero attached hydrogens (tertiary/aromatic N) is 2. The summed E-state index contributed by atoms with van der Waals surface area (Å²) >= 11 is 0. The molecule has 0 aliphatic carbocycles. The van der Waals surface area contributed by atoms with Crippen molar-refractivity contribution in [3.05, 3.63) is 29.8 Å². The summed E-state index contributed by atoms with van der Waals surface area (Å²) in [7, 11) is -3.67. The fourth-order valence-corrected chi connectivity index (χ4v) is 2.66. The van der Waals surface area contributed by atoms with Crippen LogP contribution < -0.4 is 10.0 Å². The third-order valence-electron chi connectivity index (χ3n) is 2.58. The molecule has 0 saturated heterocycles. The van der Waals surface area contributed by atoms with Crippen LogP contribution in [0.25, 0.3) is 0 Å². The van der Waals surface area contributed by atoms with Crippen LogP contribution in [0, 0.1) is 0 Å². The van der Waals surface area contributed by atoms with Crippen molar-refractivity contribution < 1.29 is 12.9 Å². The Labute approximate surface area is 117 Å². The predicted octanol–water partition coefficient (Wildman–Crippen LogP) is 0.374. The fraction of sp³-hybridized carbons (Fsp3) is 0.455. The zero-order valence-corrected chi connectivity index (χ0v) is 12.1. The van der Waals surface area contributed by atoms with Gasteiger partial charge in [-0.3, -0.25) is 5.10 Å². The monoisotopic (exact) mass is 299 g/mol. The normalized spacial score (nSPS) is 12.2. The first-order valence-corrected chi connectivity index (χ1v) is 7.62. The van der Waals surface area contributed by atoms with E-state index in [1.165, 1.54) is 12.4 Å². The van der Waals surface area contributed by atoms with Crippen molar-refractivity contribution in [2.45, 2.75) is 38.0 Å². The van der Waals surface area contributed by atoms with Crippen LogP contribution in [-0.2, 0) is 23.1 Å². The molecule has 2 rings (SSSR count). The van der Waals surface area contributed by atoms with E-state index in [4.69, 9.17) is 4.52 Å². The van der Waals surface area contributed by atoms with E-state index < -0.39 is 10.0 Å². The first-order chi connectivity index (χ1) is 9.49. The topological polar surface area (TPSA) is 113 Å². The van der Waals surface area contributed by atoms with Crippen molar-refractivity contribution in [1.82, 2.24) is 25.4 Å². The van der Waals surface area contributed by atoms with Crippen molar-refractivity contribution in [3.63, 3.8) is 0 Å². The lowest BCUT2D eigenvalue weighted by Gasteiger charge is -2.09.